The highest BCUT2D eigenvalue weighted by Crippen LogP contribution is 2.29. The van der Waals surface area contributed by atoms with Crippen molar-refractivity contribution in [2.45, 2.75) is 6.04 Å². The number of thiazole rings is 1. The number of aryl methyl sites for hydroxylation is 1. The van der Waals surface area contributed by atoms with Gasteiger partial charge in [0, 0.05) is 38.4 Å². The van der Waals surface area contributed by atoms with Crippen LogP contribution in [0.5, 0.6) is 0 Å². The Morgan fingerprint density at radius 2 is 2.27 bits per heavy atom. The van der Waals surface area contributed by atoms with E-state index in [-0.39, 0.29) is 17.8 Å². The third-order valence-corrected chi connectivity index (χ3v) is 5.44. The zero-order chi connectivity index (χ0) is 18.1. The number of aromatic nitrogens is 3. The highest BCUT2D eigenvalue weighted by atomic mass is 32.1. The van der Waals surface area contributed by atoms with Gasteiger partial charge in [0.2, 0.25) is 0 Å². The van der Waals surface area contributed by atoms with Crippen LogP contribution in [0, 0.1) is 5.82 Å². The Kier molecular flexibility index (Phi) is 4.52. The summed E-state index contributed by atoms with van der Waals surface area (Å²) in [5.41, 5.74) is 1.68. The van der Waals surface area contributed by atoms with Crippen molar-refractivity contribution in [2.24, 2.45) is 7.05 Å². The van der Waals surface area contributed by atoms with E-state index in [0.29, 0.717) is 24.5 Å². The van der Waals surface area contributed by atoms with Gasteiger partial charge in [-0.2, -0.15) is 5.10 Å². The molecule has 0 aliphatic carbocycles. The smallest absolute Gasteiger partial charge is 0.266 e. The standard InChI is InChI=1S/C18H18FN5OS/c1-23-11-13(8-22-23)17-21-10-16(26-17)18(25)24-6-5-20-9-15(24)12-3-2-4-14(19)7-12/h2-4,7-8,10-11,15,20H,5-6,9H2,1H3. The highest BCUT2D eigenvalue weighted by Gasteiger charge is 2.30. The second kappa shape index (κ2) is 6.97. The summed E-state index contributed by atoms with van der Waals surface area (Å²) < 4.78 is 15.3. The molecule has 1 saturated heterocycles. The Morgan fingerprint density at radius 1 is 1.38 bits per heavy atom. The van der Waals surface area contributed by atoms with E-state index in [2.05, 4.69) is 15.4 Å². The molecule has 134 valence electrons. The van der Waals surface area contributed by atoms with Crippen LogP contribution in [-0.2, 0) is 7.05 Å². The third kappa shape index (κ3) is 3.25. The molecule has 26 heavy (non-hydrogen) atoms. The van der Waals surface area contributed by atoms with Crippen molar-refractivity contribution in [3.8, 4) is 10.6 Å². The predicted molar refractivity (Wildman–Crippen MR) is 97.4 cm³/mol. The molecule has 8 heteroatoms. The summed E-state index contributed by atoms with van der Waals surface area (Å²) in [7, 11) is 1.84. The lowest BCUT2D eigenvalue weighted by Crippen LogP contribution is -2.48. The quantitative estimate of drug-likeness (QED) is 0.768. The van der Waals surface area contributed by atoms with Crippen molar-refractivity contribution in [3.63, 3.8) is 0 Å². The van der Waals surface area contributed by atoms with Gasteiger partial charge in [-0.15, -0.1) is 11.3 Å². The lowest BCUT2D eigenvalue weighted by Gasteiger charge is -2.36. The summed E-state index contributed by atoms with van der Waals surface area (Å²) in [6.07, 6.45) is 5.21. The van der Waals surface area contributed by atoms with E-state index in [1.807, 2.05) is 19.3 Å². The minimum atomic E-state index is -0.294. The van der Waals surface area contributed by atoms with Crippen molar-refractivity contribution in [3.05, 3.63) is 59.1 Å². The molecule has 3 aromatic rings. The number of benzene rings is 1. The second-order valence-electron chi connectivity index (χ2n) is 6.21. The third-order valence-electron chi connectivity index (χ3n) is 4.41. The van der Waals surface area contributed by atoms with Gasteiger partial charge in [-0.25, -0.2) is 9.37 Å². The number of nitrogens with zero attached hydrogens (tertiary/aromatic N) is 4. The van der Waals surface area contributed by atoms with Gasteiger partial charge >= 0.3 is 0 Å². The van der Waals surface area contributed by atoms with Crippen molar-refractivity contribution >= 4 is 17.2 Å². The topological polar surface area (TPSA) is 63.1 Å². The average molecular weight is 371 g/mol. The number of rotatable bonds is 3. The van der Waals surface area contributed by atoms with Crippen LogP contribution < -0.4 is 5.32 Å². The number of carbonyl (C=O) groups excluding carboxylic acids is 1. The number of hydrogen-bond acceptors (Lipinski definition) is 5. The Hall–Kier alpha value is -2.58. The van der Waals surface area contributed by atoms with E-state index in [4.69, 9.17) is 0 Å². The summed E-state index contributed by atoms with van der Waals surface area (Å²) in [4.78, 5) is 19.8. The number of carbonyl (C=O) groups is 1. The summed E-state index contributed by atoms with van der Waals surface area (Å²) in [6.45, 7) is 1.88. The molecule has 0 bridgehead atoms. The molecule has 1 fully saturated rings. The molecule has 1 N–H and O–H groups in total. The first-order chi connectivity index (χ1) is 12.6. The van der Waals surface area contributed by atoms with E-state index >= 15 is 0 Å². The summed E-state index contributed by atoms with van der Waals surface area (Å²) in [5.74, 6) is -0.370. The van der Waals surface area contributed by atoms with Crippen molar-refractivity contribution in [1.82, 2.24) is 25.0 Å². The number of nitrogens with one attached hydrogen (secondary N) is 1. The van der Waals surface area contributed by atoms with E-state index in [0.717, 1.165) is 16.1 Å². The molecule has 0 radical (unpaired) electrons. The summed E-state index contributed by atoms with van der Waals surface area (Å²) in [5, 5.41) is 8.19. The maximum absolute atomic E-state index is 13.6. The number of halogens is 1. The molecule has 3 heterocycles. The first kappa shape index (κ1) is 16.9. The first-order valence-electron chi connectivity index (χ1n) is 8.34. The lowest BCUT2D eigenvalue weighted by molar-refractivity contribution is 0.0638. The molecule has 0 spiro atoms. The Balaban J connectivity index is 1.60. The SMILES string of the molecule is Cn1cc(-c2ncc(C(=O)N3CCNCC3c3cccc(F)c3)s2)cn1. The molecule has 2 aromatic heterocycles. The maximum Gasteiger partial charge on any atom is 0.266 e. The fourth-order valence-corrected chi connectivity index (χ4v) is 3.99. The van der Waals surface area contributed by atoms with Gasteiger partial charge in [0.05, 0.1) is 18.4 Å². The van der Waals surface area contributed by atoms with Gasteiger partial charge in [-0.3, -0.25) is 9.48 Å². The molecule has 1 amide bonds. The maximum atomic E-state index is 13.6. The Labute approximate surface area is 154 Å². The van der Waals surface area contributed by atoms with Gasteiger partial charge in [0.25, 0.3) is 5.91 Å². The second-order valence-corrected chi connectivity index (χ2v) is 7.24. The molecule has 1 unspecified atom stereocenters. The largest absolute Gasteiger partial charge is 0.328 e. The average Bonchev–Trinajstić information content (AvgIpc) is 3.30. The molecule has 4 rings (SSSR count). The Bertz CT molecular complexity index is 937. The molecule has 6 nitrogen and oxygen atoms in total. The normalized spacial score (nSPS) is 17.5. The molecular formula is C18H18FN5OS. The van der Waals surface area contributed by atoms with Gasteiger partial charge in [0.15, 0.2) is 0 Å². The van der Waals surface area contributed by atoms with E-state index in [9.17, 15) is 9.18 Å². The molecule has 1 atom stereocenters. The lowest BCUT2D eigenvalue weighted by atomic mass is 10.0. The zero-order valence-electron chi connectivity index (χ0n) is 14.2. The number of piperazine rings is 1. The van der Waals surface area contributed by atoms with Crippen molar-refractivity contribution in [2.75, 3.05) is 19.6 Å². The predicted octanol–water partition coefficient (Wildman–Crippen LogP) is 2.47. The van der Waals surface area contributed by atoms with Crippen molar-refractivity contribution < 1.29 is 9.18 Å². The van der Waals surface area contributed by atoms with Crippen LogP contribution in [0.15, 0.2) is 42.9 Å². The first-order valence-corrected chi connectivity index (χ1v) is 9.15. The number of hydrogen-bond donors (Lipinski definition) is 1. The van der Waals surface area contributed by atoms with Gasteiger partial charge < -0.3 is 10.2 Å². The van der Waals surface area contributed by atoms with Gasteiger partial charge in [0.1, 0.15) is 15.7 Å². The fraction of sp³-hybridized carbons (Fsp3) is 0.278. The van der Waals surface area contributed by atoms with Crippen molar-refractivity contribution in [1.29, 1.82) is 0 Å². The molecule has 0 saturated carbocycles. The molecule has 1 aliphatic rings. The molecular weight excluding hydrogens is 353 g/mol. The monoisotopic (exact) mass is 371 g/mol. The Morgan fingerprint density at radius 3 is 3.04 bits per heavy atom. The van der Waals surface area contributed by atoms with Crippen LogP contribution in [0.1, 0.15) is 21.3 Å². The van der Waals surface area contributed by atoms with Crippen LogP contribution in [-0.4, -0.2) is 45.2 Å². The van der Waals surface area contributed by atoms with Gasteiger partial charge in [-0.1, -0.05) is 12.1 Å². The molecule has 1 aliphatic heterocycles. The van der Waals surface area contributed by atoms with Crippen LogP contribution >= 0.6 is 11.3 Å². The highest BCUT2D eigenvalue weighted by molar-refractivity contribution is 7.16. The summed E-state index contributed by atoms with van der Waals surface area (Å²) >= 11 is 1.35. The minimum Gasteiger partial charge on any atom is -0.328 e. The van der Waals surface area contributed by atoms with E-state index < -0.39 is 0 Å². The van der Waals surface area contributed by atoms with Crippen LogP contribution in [0.25, 0.3) is 10.6 Å². The number of amides is 1. The van der Waals surface area contributed by atoms with Gasteiger partial charge in [-0.05, 0) is 17.7 Å². The zero-order valence-corrected chi connectivity index (χ0v) is 15.0. The van der Waals surface area contributed by atoms with Crippen LogP contribution in [0.2, 0.25) is 0 Å². The fourth-order valence-electron chi connectivity index (χ4n) is 3.14. The van der Waals surface area contributed by atoms with Crippen LogP contribution in [0.4, 0.5) is 4.39 Å². The van der Waals surface area contributed by atoms with E-state index in [1.165, 1.54) is 23.5 Å². The van der Waals surface area contributed by atoms with Crippen LogP contribution in [0.3, 0.4) is 0 Å². The summed E-state index contributed by atoms with van der Waals surface area (Å²) in [6, 6.07) is 6.24. The minimum absolute atomic E-state index is 0.0756. The van der Waals surface area contributed by atoms with E-state index in [1.54, 1.807) is 28.0 Å². The molecule has 1 aromatic carbocycles.